The van der Waals surface area contributed by atoms with Crippen LogP contribution in [0.5, 0.6) is 17.5 Å². The first-order valence-electron chi connectivity index (χ1n) is 9.85. The van der Waals surface area contributed by atoms with Crippen molar-refractivity contribution in [3.05, 3.63) is 59.0 Å². The Labute approximate surface area is 179 Å². The summed E-state index contributed by atoms with van der Waals surface area (Å²) in [5.41, 5.74) is 0.859. The lowest BCUT2D eigenvalue weighted by Gasteiger charge is -2.12. The summed E-state index contributed by atoms with van der Waals surface area (Å²) >= 11 is 0. The van der Waals surface area contributed by atoms with E-state index in [-0.39, 0.29) is 23.1 Å². The number of aromatic nitrogens is 3. The number of hydrogen-bond acceptors (Lipinski definition) is 7. The number of hydrogen-bond donors (Lipinski definition) is 1. The first-order chi connectivity index (χ1) is 14.9. The average molecular weight is 442 g/mol. The minimum Gasteiger partial charge on any atom is -0.493 e. The maximum atomic E-state index is 12.5. The molecule has 10 heteroatoms. The Bertz CT molecular complexity index is 1260. The molecule has 162 valence electrons. The van der Waals surface area contributed by atoms with Crippen molar-refractivity contribution in [3.63, 3.8) is 0 Å². The Morgan fingerprint density at radius 1 is 1.03 bits per heavy atom. The zero-order valence-corrected chi connectivity index (χ0v) is 17.8. The molecule has 3 heterocycles. The maximum absolute atomic E-state index is 12.5. The Kier molecular flexibility index (Phi) is 5.90. The predicted octanol–water partition coefficient (Wildman–Crippen LogP) is 2.94. The van der Waals surface area contributed by atoms with Crippen LogP contribution in [0, 0.1) is 0 Å². The lowest BCUT2D eigenvalue weighted by Crippen LogP contribution is -2.18. The van der Waals surface area contributed by atoms with Crippen LogP contribution in [0.3, 0.4) is 0 Å². The number of anilines is 1. The van der Waals surface area contributed by atoms with E-state index in [0.29, 0.717) is 35.8 Å². The molecule has 0 atom stereocenters. The summed E-state index contributed by atoms with van der Waals surface area (Å²) in [5, 5.41) is 0. The number of sulfonamides is 1. The van der Waals surface area contributed by atoms with Gasteiger partial charge in [-0.1, -0.05) is 6.07 Å². The van der Waals surface area contributed by atoms with Crippen molar-refractivity contribution in [2.75, 3.05) is 17.1 Å². The van der Waals surface area contributed by atoms with Crippen molar-refractivity contribution in [2.45, 2.75) is 19.3 Å². The van der Waals surface area contributed by atoms with Gasteiger partial charge in [-0.05, 0) is 37.5 Å². The number of fused-ring (bicyclic) bond motifs is 4. The molecule has 0 amide bonds. The van der Waals surface area contributed by atoms with E-state index in [9.17, 15) is 13.2 Å². The molecule has 0 unspecified atom stereocenters. The molecule has 0 saturated carbocycles. The Morgan fingerprint density at radius 3 is 2.71 bits per heavy atom. The van der Waals surface area contributed by atoms with E-state index in [0.717, 1.165) is 12.8 Å². The van der Waals surface area contributed by atoms with Crippen LogP contribution in [0.4, 0.5) is 5.82 Å². The van der Waals surface area contributed by atoms with Crippen molar-refractivity contribution >= 4 is 15.8 Å². The highest BCUT2D eigenvalue weighted by Crippen LogP contribution is 2.27. The van der Waals surface area contributed by atoms with Gasteiger partial charge < -0.3 is 14.0 Å². The van der Waals surface area contributed by atoms with Crippen LogP contribution in [0.2, 0.25) is 0 Å². The Morgan fingerprint density at radius 2 is 1.87 bits per heavy atom. The summed E-state index contributed by atoms with van der Waals surface area (Å²) in [5.74, 6) is 1.17. The van der Waals surface area contributed by atoms with E-state index in [1.54, 1.807) is 37.5 Å². The van der Waals surface area contributed by atoms with E-state index >= 15 is 0 Å². The fourth-order valence-corrected chi connectivity index (χ4v) is 4.23. The van der Waals surface area contributed by atoms with Gasteiger partial charge in [0.1, 0.15) is 17.3 Å². The molecule has 1 aliphatic heterocycles. The van der Waals surface area contributed by atoms with Crippen molar-refractivity contribution in [3.8, 4) is 28.8 Å². The second kappa shape index (κ2) is 8.76. The van der Waals surface area contributed by atoms with Gasteiger partial charge in [0, 0.05) is 37.0 Å². The molecule has 2 aromatic heterocycles. The zero-order valence-electron chi connectivity index (χ0n) is 16.9. The van der Waals surface area contributed by atoms with Gasteiger partial charge in [0.25, 0.3) is 0 Å². The monoisotopic (exact) mass is 442 g/mol. The minimum atomic E-state index is -3.60. The van der Waals surface area contributed by atoms with Crippen LogP contribution in [-0.4, -0.2) is 35.3 Å². The van der Waals surface area contributed by atoms with Crippen LogP contribution in [-0.2, 0) is 17.1 Å². The number of nitrogens with zero attached hydrogens (tertiary/aromatic N) is 3. The Balaban J connectivity index is 1.78. The number of aryl methyl sites for hydroxylation is 1. The van der Waals surface area contributed by atoms with E-state index < -0.39 is 10.0 Å². The maximum Gasteiger partial charge on any atom is 0.324 e. The molecule has 4 rings (SSSR count). The molecule has 0 spiro atoms. The topological polar surface area (TPSA) is 112 Å². The standard InChI is InChI=1S/C21H22N4O5S/c1-25-14-15(8-9-20(25)26)18-13-19-23-21(22-18)30-17-7-5-6-16(12-17)29-10-3-2-4-11-31(27,28)24-19/h5-9,12-14H,2-4,10-11H2,1H3,(H,22,23,24). The summed E-state index contributed by atoms with van der Waals surface area (Å²) in [6, 6.07) is 11.6. The van der Waals surface area contributed by atoms with E-state index in [2.05, 4.69) is 14.7 Å². The molecule has 9 nitrogen and oxygen atoms in total. The van der Waals surface area contributed by atoms with Crippen molar-refractivity contribution in [2.24, 2.45) is 7.05 Å². The lowest BCUT2D eigenvalue weighted by molar-refractivity contribution is 0.304. The van der Waals surface area contributed by atoms with Crippen molar-refractivity contribution in [1.29, 1.82) is 0 Å². The summed E-state index contributed by atoms with van der Waals surface area (Å²) in [7, 11) is -1.98. The number of ether oxygens (including phenoxy) is 2. The summed E-state index contributed by atoms with van der Waals surface area (Å²) in [6.07, 6.45) is 3.57. The molecule has 0 fully saturated rings. The molecule has 1 N–H and O–H groups in total. The molecule has 4 bridgehead atoms. The third kappa shape index (κ3) is 5.40. The molecular weight excluding hydrogens is 420 g/mol. The molecule has 0 saturated heterocycles. The first-order valence-corrected chi connectivity index (χ1v) is 11.5. The number of benzene rings is 1. The second-order valence-electron chi connectivity index (χ2n) is 7.19. The van der Waals surface area contributed by atoms with Crippen LogP contribution < -0.4 is 19.8 Å². The van der Waals surface area contributed by atoms with Crippen molar-refractivity contribution < 1.29 is 17.9 Å². The Hall–Kier alpha value is -3.40. The van der Waals surface area contributed by atoms with Gasteiger partial charge >= 0.3 is 6.01 Å². The number of rotatable bonds is 1. The van der Waals surface area contributed by atoms with Gasteiger partial charge in [0.05, 0.1) is 18.1 Å². The van der Waals surface area contributed by atoms with E-state index in [4.69, 9.17) is 9.47 Å². The summed E-state index contributed by atoms with van der Waals surface area (Å²) in [6.45, 7) is 0.484. The second-order valence-corrected chi connectivity index (χ2v) is 9.04. The largest absolute Gasteiger partial charge is 0.493 e. The normalized spacial score (nSPS) is 16.0. The van der Waals surface area contributed by atoms with Gasteiger partial charge in [0.15, 0.2) is 0 Å². The molecular formula is C21H22N4O5S. The molecule has 31 heavy (non-hydrogen) atoms. The zero-order chi connectivity index (χ0) is 21.8. The van der Waals surface area contributed by atoms with Gasteiger partial charge in [0.2, 0.25) is 15.6 Å². The van der Waals surface area contributed by atoms with Gasteiger partial charge in [-0.2, -0.15) is 9.97 Å². The van der Waals surface area contributed by atoms with E-state index in [1.165, 1.54) is 16.7 Å². The fraction of sp³-hybridized carbons (Fsp3) is 0.286. The van der Waals surface area contributed by atoms with Gasteiger partial charge in [-0.15, -0.1) is 0 Å². The summed E-state index contributed by atoms with van der Waals surface area (Å²) in [4.78, 5) is 20.4. The molecule has 0 aliphatic carbocycles. The van der Waals surface area contributed by atoms with E-state index in [1.807, 2.05) is 6.07 Å². The third-order valence-electron chi connectivity index (χ3n) is 4.69. The number of pyridine rings is 1. The van der Waals surface area contributed by atoms with Crippen LogP contribution in [0.15, 0.2) is 53.5 Å². The lowest BCUT2D eigenvalue weighted by atomic mass is 10.2. The smallest absolute Gasteiger partial charge is 0.324 e. The highest BCUT2D eigenvalue weighted by atomic mass is 32.2. The van der Waals surface area contributed by atoms with Crippen LogP contribution >= 0.6 is 0 Å². The highest BCUT2D eigenvalue weighted by Gasteiger charge is 2.16. The molecule has 3 aromatic rings. The number of nitrogens with one attached hydrogen (secondary N) is 1. The molecule has 1 aliphatic rings. The summed E-state index contributed by atoms with van der Waals surface area (Å²) < 4.78 is 40.5. The predicted molar refractivity (Wildman–Crippen MR) is 116 cm³/mol. The van der Waals surface area contributed by atoms with Crippen LogP contribution in [0.25, 0.3) is 11.3 Å². The SMILES string of the molecule is Cn1cc(-c2cc3nc(n2)Oc2cccc(c2)OCCCCCS(=O)(=O)N3)ccc1=O. The fourth-order valence-electron chi connectivity index (χ4n) is 3.12. The average Bonchev–Trinajstić information content (AvgIpc) is 2.72. The van der Waals surface area contributed by atoms with Crippen LogP contribution in [0.1, 0.15) is 19.3 Å². The quantitative estimate of drug-likeness (QED) is 0.616. The molecule has 1 aromatic carbocycles. The minimum absolute atomic E-state index is 0.0314. The third-order valence-corrected chi connectivity index (χ3v) is 6.03. The van der Waals surface area contributed by atoms with Gasteiger partial charge in [-0.25, -0.2) is 8.42 Å². The first kappa shape index (κ1) is 20.9. The van der Waals surface area contributed by atoms with Gasteiger partial charge in [-0.3, -0.25) is 9.52 Å². The van der Waals surface area contributed by atoms with Crippen molar-refractivity contribution in [1.82, 2.24) is 14.5 Å². The highest BCUT2D eigenvalue weighted by molar-refractivity contribution is 7.92. The molecule has 0 radical (unpaired) electrons.